The summed E-state index contributed by atoms with van der Waals surface area (Å²) in [5, 5.41) is 7.45. The number of rotatable bonds is 8. The predicted molar refractivity (Wildman–Crippen MR) is 72.9 cm³/mol. The van der Waals surface area contributed by atoms with E-state index in [4.69, 9.17) is 9.26 Å². The van der Waals surface area contributed by atoms with Gasteiger partial charge in [-0.1, -0.05) is 18.5 Å². The van der Waals surface area contributed by atoms with E-state index in [1.807, 2.05) is 6.92 Å². The van der Waals surface area contributed by atoms with Gasteiger partial charge in [0, 0.05) is 13.0 Å². The molecule has 1 fully saturated rings. The minimum atomic E-state index is -0.0133. The molecule has 108 valence electrons. The first-order valence-corrected chi connectivity index (χ1v) is 7.48. The Morgan fingerprint density at radius 3 is 3.05 bits per heavy atom. The van der Waals surface area contributed by atoms with E-state index in [0.29, 0.717) is 12.4 Å². The van der Waals surface area contributed by atoms with Crippen molar-refractivity contribution < 1.29 is 9.26 Å². The molecule has 0 bridgehead atoms. The number of hydrogen-bond acceptors (Lipinski definition) is 5. The summed E-state index contributed by atoms with van der Waals surface area (Å²) in [4.78, 5) is 4.49. The zero-order valence-corrected chi connectivity index (χ0v) is 12.0. The third-order valence-electron chi connectivity index (χ3n) is 3.62. The maximum atomic E-state index is 5.66. The van der Waals surface area contributed by atoms with Crippen molar-refractivity contribution >= 4 is 0 Å². The minimum absolute atomic E-state index is 0.0133. The van der Waals surface area contributed by atoms with Crippen LogP contribution in [0.25, 0.3) is 0 Å². The third kappa shape index (κ3) is 4.28. The summed E-state index contributed by atoms with van der Waals surface area (Å²) < 4.78 is 11.0. The molecular formula is C14H25N3O2. The number of ether oxygens (including phenoxy) is 1. The first-order chi connectivity index (χ1) is 9.33. The molecule has 0 aliphatic carbocycles. The molecule has 1 aliphatic heterocycles. The molecule has 19 heavy (non-hydrogen) atoms. The van der Waals surface area contributed by atoms with Crippen molar-refractivity contribution in [3.8, 4) is 0 Å². The van der Waals surface area contributed by atoms with Gasteiger partial charge in [0.25, 0.3) is 0 Å². The average Bonchev–Trinajstić information content (AvgIpc) is 3.07. The second kappa shape index (κ2) is 7.60. The summed E-state index contributed by atoms with van der Waals surface area (Å²) in [6.45, 7) is 7.08. The van der Waals surface area contributed by atoms with Crippen LogP contribution in [0.5, 0.6) is 0 Å². The molecule has 0 radical (unpaired) electrons. The summed E-state index contributed by atoms with van der Waals surface area (Å²) in [7, 11) is 0. The lowest BCUT2D eigenvalue weighted by Gasteiger charge is -2.11. The molecule has 2 atom stereocenters. The monoisotopic (exact) mass is 267 g/mol. The van der Waals surface area contributed by atoms with Crippen molar-refractivity contribution in [1.29, 1.82) is 0 Å². The van der Waals surface area contributed by atoms with Gasteiger partial charge in [-0.15, -0.1) is 0 Å². The Kier molecular flexibility index (Phi) is 5.79. The third-order valence-corrected chi connectivity index (χ3v) is 3.62. The Bertz CT molecular complexity index is 355. The molecule has 0 aromatic carbocycles. The number of hydrogen-bond donors (Lipinski definition) is 1. The number of nitrogens with zero attached hydrogens (tertiary/aromatic N) is 2. The molecule has 0 spiro atoms. The highest BCUT2D eigenvalue weighted by Crippen LogP contribution is 2.21. The highest BCUT2D eigenvalue weighted by atomic mass is 16.5. The zero-order valence-electron chi connectivity index (χ0n) is 12.0. The molecular weight excluding hydrogens is 242 g/mol. The Balaban J connectivity index is 1.85. The van der Waals surface area contributed by atoms with Crippen LogP contribution < -0.4 is 5.32 Å². The minimum Gasteiger partial charge on any atom is -0.370 e. The normalized spacial score (nSPS) is 20.8. The number of nitrogens with one attached hydrogen (secondary N) is 1. The van der Waals surface area contributed by atoms with Gasteiger partial charge in [-0.3, -0.25) is 0 Å². The molecule has 0 saturated carbocycles. The van der Waals surface area contributed by atoms with Gasteiger partial charge < -0.3 is 14.6 Å². The van der Waals surface area contributed by atoms with Gasteiger partial charge in [0.15, 0.2) is 0 Å². The maximum Gasteiger partial charge on any atom is 0.226 e. The Morgan fingerprint density at radius 1 is 1.47 bits per heavy atom. The van der Waals surface area contributed by atoms with Crippen LogP contribution in [0.2, 0.25) is 0 Å². The predicted octanol–water partition coefficient (Wildman–Crippen LogP) is 2.49. The molecule has 5 heteroatoms. The van der Waals surface area contributed by atoms with Gasteiger partial charge in [-0.2, -0.15) is 4.98 Å². The molecule has 1 aromatic rings. The zero-order chi connectivity index (χ0) is 13.5. The fraction of sp³-hybridized carbons (Fsp3) is 0.857. The van der Waals surface area contributed by atoms with E-state index in [-0.39, 0.29) is 6.10 Å². The van der Waals surface area contributed by atoms with Crippen molar-refractivity contribution in [2.75, 3.05) is 19.7 Å². The summed E-state index contributed by atoms with van der Waals surface area (Å²) in [5.41, 5.74) is 0. The summed E-state index contributed by atoms with van der Waals surface area (Å²) in [5.74, 6) is 2.22. The maximum absolute atomic E-state index is 5.66. The number of aryl methyl sites for hydroxylation is 1. The first-order valence-electron chi connectivity index (χ1n) is 7.48. The van der Waals surface area contributed by atoms with Crippen LogP contribution in [-0.2, 0) is 11.2 Å². The fourth-order valence-corrected chi connectivity index (χ4v) is 2.54. The summed E-state index contributed by atoms with van der Waals surface area (Å²) >= 11 is 0. The van der Waals surface area contributed by atoms with Crippen LogP contribution in [-0.4, -0.2) is 29.8 Å². The summed E-state index contributed by atoms with van der Waals surface area (Å²) in [6, 6.07) is 0. The van der Waals surface area contributed by atoms with Crippen LogP contribution in [0.1, 0.15) is 57.3 Å². The van der Waals surface area contributed by atoms with E-state index < -0.39 is 0 Å². The lowest BCUT2D eigenvalue weighted by molar-refractivity contribution is 0.0477. The van der Waals surface area contributed by atoms with Crippen molar-refractivity contribution in [3.05, 3.63) is 11.7 Å². The molecule has 1 aromatic heterocycles. The van der Waals surface area contributed by atoms with E-state index >= 15 is 0 Å². The molecule has 0 amide bonds. The van der Waals surface area contributed by atoms with Gasteiger partial charge in [-0.25, -0.2) is 0 Å². The van der Waals surface area contributed by atoms with Gasteiger partial charge in [-0.05, 0) is 45.2 Å². The van der Waals surface area contributed by atoms with E-state index in [1.165, 1.54) is 6.42 Å². The average molecular weight is 267 g/mol. The smallest absolute Gasteiger partial charge is 0.226 e. The Hall–Kier alpha value is -0.940. The van der Waals surface area contributed by atoms with Crippen molar-refractivity contribution in [2.24, 2.45) is 5.92 Å². The standard InChI is InChI=1S/C14H25N3O2/c1-3-5-12(18-4-2)14-16-13(19-17-14)7-6-11-8-9-15-10-11/h11-12,15H,3-10H2,1-2H3. The van der Waals surface area contributed by atoms with E-state index in [1.54, 1.807) is 0 Å². The van der Waals surface area contributed by atoms with Crippen LogP contribution in [0.15, 0.2) is 4.52 Å². The van der Waals surface area contributed by atoms with Gasteiger partial charge in [0.1, 0.15) is 6.10 Å². The molecule has 2 rings (SSSR count). The van der Waals surface area contributed by atoms with Crippen LogP contribution in [0, 0.1) is 5.92 Å². The largest absolute Gasteiger partial charge is 0.370 e. The Labute approximate surface area is 115 Å². The van der Waals surface area contributed by atoms with Crippen LogP contribution in [0.4, 0.5) is 0 Å². The van der Waals surface area contributed by atoms with Crippen LogP contribution in [0.3, 0.4) is 0 Å². The van der Waals surface area contributed by atoms with Crippen molar-refractivity contribution in [3.63, 3.8) is 0 Å². The second-order valence-electron chi connectivity index (χ2n) is 5.18. The number of aromatic nitrogens is 2. The lowest BCUT2D eigenvalue weighted by atomic mass is 10.0. The summed E-state index contributed by atoms with van der Waals surface area (Å²) in [6.07, 6.45) is 5.26. The van der Waals surface area contributed by atoms with Crippen molar-refractivity contribution in [1.82, 2.24) is 15.5 Å². The van der Waals surface area contributed by atoms with Gasteiger partial charge in [0.2, 0.25) is 11.7 Å². The van der Waals surface area contributed by atoms with Gasteiger partial charge >= 0.3 is 0 Å². The molecule has 1 aliphatic rings. The quantitative estimate of drug-likeness (QED) is 0.784. The first kappa shape index (κ1) is 14.5. The molecule has 2 heterocycles. The highest BCUT2D eigenvalue weighted by molar-refractivity contribution is 4.92. The Morgan fingerprint density at radius 2 is 2.37 bits per heavy atom. The van der Waals surface area contributed by atoms with Gasteiger partial charge in [0.05, 0.1) is 0 Å². The fourth-order valence-electron chi connectivity index (χ4n) is 2.54. The molecule has 1 N–H and O–H groups in total. The van der Waals surface area contributed by atoms with E-state index in [9.17, 15) is 0 Å². The SMILES string of the molecule is CCCC(OCC)c1noc(CCC2CCNC2)n1. The van der Waals surface area contributed by atoms with Crippen LogP contribution >= 0.6 is 0 Å². The lowest BCUT2D eigenvalue weighted by Crippen LogP contribution is -2.09. The van der Waals surface area contributed by atoms with Crippen molar-refractivity contribution in [2.45, 2.75) is 52.1 Å². The van der Waals surface area contributed by atoms with E-state index in [2.05, 4.69) is 22.4 Å². The topological polar surface area (TPSA) is 60.2 Å². The van der Waals surface area contributed by atoms with E-state index in [0.717, 1.165) is 50.6 Å². The second-order valence-corrected chi connectivity index (χ2v) is 5.18. The molecule has 1 saturated heterocycles. The molecule has 2 unspecified atom stereocenters. The molecule has 5 nitrogen and oxygen atoms in total. The highest BCUT2D eigenvalue weighted by Gasteiger charge is 2.19.